The van der Waals surface area contributed by atoms with Gasteiger partial charge in [0.25, 0.3) is 0 Å². The number of hydrogen-bond acceptors (Lipinski definition) is 2. The van der Waals surface area contributed by atoms with Crippen LogP contribution >= 0.6 is 15.9 Å². The number of rotatable bonds is 5. The first-order valence-electron chi connectivity index (χ1n) is 6.46. The molecule has 2 aromatic carbocycles. The van der Waals surface area contributed by atoms with Crippen LogP contribution in [0.15, 0.2) is 59.1 Å². The molecule has 0 saturated carbocycles. The SMILES string of the molecule is CC(CC(=O)c1ccc(Br)cc1)C(=O)c1ccccc1. The van der Waals surface area contributed by atoms with Crippen molar-refractivity contribution >= 4 is 27.5 Å². The molecule has 0 aliphatic heterocycles. The molecule has 2 aromatic rings. The molecule has 0 aliphatic carbocycles. The molecule has 0 radical (unpaired) electrons. The molecule has 0 aromatic heterocycles. The second-order valence-corrected chi connectivity index (χ2v) is 5.68. The Hall–Kier alpha value is -1.74. The largest absolute Gasteiger partial charge is 0.294 e. The summed E-state index contributed by atoms with van der Waals surface area (Å²) in [5.74, 6) is -0.307. The normalized spacial score (nSPS) is 11.9. The smallest absolute Gasteiger partial charge is 0.166 e. The Morgan fingerprint density at radius 1 is 0.950 bits per heavy atom. The number of Topliss-reactive ketones (excluding diaryl/α,β-unsaturated/α-hetero) is 2. The van der Waals surface area contributed by atoms with Crippen molar-refractivity contribution in [2.45, 2.75) is 13.3 Å². The molecular weight excluding hydrogens is 316 g/mol. The minimum absolute atomic E-state index is 0.00530. The summed E-state index contributed by atoms with van der Waals surface area (Å²) >= 11 is 3.33. The van der Waals surface area contributed by atoms with E-state index in [0.29, 0.717) is 11.1 Å². The average Bonchev–Trinajstić information content (AvgIpc) is 2.48. The summed E-state index contributed by atoms with van der Waals surface area (Å²) < 4.78 is 0.933. The van der Waals surface area contributed by atoms with Crippen molar-refractivity contribution in [2.75, 3.05) is 0 Å². The Labute approximate surface area is 127 Å². The summed E-state index contributed by atoms with van der Waals surface area (Å²) in [5.41, 5.74) is 1.30. The fourth-order valence-corrected chi connectivity index (χ4v) is 2.28. The Balaban J connectivity index is 2.04. The molecule has 0 heterocycles. The number of benzene rings is 2. The molecule has 3 heteroatoms. The van der Waals surface area contributed by atoms with Crippen LogP contribution in [-0.4, -0.2) is 11.6 Å². The van der Waals surface area contributed by atoms with Crippen molar-refractivity contribution in [2.24, 2.45) is 5.92 Å². The lowest BCUT2D eigenvalue weighted by Crippen LogP contribution is -2.15. The zero-order valence-corrected chi connectivity index (χ0v) is 12.8. The van der Waals surface area contributed by atoms with Crippen LogP contribution in [0, 0.1) is 5.92 Å². The van der Waals surface area contributed by atoms with E-state index in [1.54, 1.807) is 31.2 Å². The molecule has 0 amide bonds. The van der Waals surface area contributed by atoms with Crippen LogP contribution in [0.5, 0.6) is 0 Å². The van der Waals surface area contributed by atoms with E-state index in [1.165, 1.54) is 0 Å². The monoisotopic (exact) mass is 330 g/mol. The number of halogens is 1. The lowest BCUT2D eigenvalue weighted by atomic mass is 9.92. The minimum atomic E-state index is -0.312. The molecule has 0 fully saturated rings. The molecule has 20 heavy (non-hydrogen) atoms. The van der Waals surface area contributed by atoms with Crippen LogP contribution in [0.25, 0.3) is 0 Å². The number of carbonyl (C=O) groups excluding carboxylic acids is 2. The average molecular weight is 331 g/mol. The van der Waals surface area contributed by atoms with E-state index >= 15 is 0 Å². The van der Waals surface area contributed by atoms with Crippen molar-refractivity contribution in [3.05, 3.63) is 70.2 Å². The van der Waals surface area contributed by atoms with Gasteiger partial charge in [-0.3, -0.25) is 9.59 Å². The van der Waals surface area contributed by atoms with Gasteiger partial charge < -0.3 is 0 Å². The van der Waals surface area contributed by atoms with E-state index in [-0.39, 0.29) is 23.9 Å². The molecule has 102 valence electrons. The maximum Gasteiger partial charge on any atom is 0.166 e. The zero-order valence-electron chi connectivity index (χ0n) is 11.2. The van der Waals surface area contributed by atoms with Gasteiger partial charge in [-0.2, -0.15) is 0 Å². The van der Waals surface area contributed by atoms with Crippen LogP contribution in [0.3, 0.4) is 0 Å². The van der Waals surface area contributed by atoms with Crippen molar-refractivity contribution in [3.8, 4) is 0 Å². The van der Waals surface area contributed by atoms with E-state index in [0.717, 1.165) is 4.47 Å². The van der Waals surface area contributed by atoms with E-state index in [2.05, 4.69) is 15.9 Å². The Morgan fingerprint density at radius 3 is 2.15 bits per heavy atom. The third-order valence-corrected chi connectivity index (χ3v) is 3.69. The van der Waals surface area contributed by atoms with Crippen molar-refractivity contribution in [1.82, 2.24) is 0 Å². The molecule has 1 atom stereocenters. The fraction of sp³-hybridized carbons (Fsp3) is 0.176. The van der Waals surface area contributed by atoms with Gasteiger partial charge in [-0.25, -0.2) is 0 Å². The van der Waals surface area contributed by atoms with Gasteiger partial charge >= 0.3 is 0 Å². The molecule has 0 spiro atoms. The van der Waals surface area contributed by atoms with E-state index < -0.39 is 0 Å². The summed E-state index contributed by atoms with van der Waals surface area (Å²) in [5, 5.41) is 0. The second kappa shape index (κ2) is 6.62. The third-order valence-electron chi connectivity index (χ3n) is 3.16. The van der Waals surface area contributed by atoms with Gasteiger partial charge in [-0.1, -0.05) is 65.3 Å². The number of ketones is 2. The van der Waals surface area contributed by atoms with Gasteiger partial charge in [0.2, 0.25) is 0 Å². The first kappa shape index (κ1) is 14.7. The van der Waals surface area contributed by atoms with Gasteiger partial charge in [0.05, 0.1) is 0 Å². The van der Waals surface area contributed by atoms with Crippen LogP contribution in [0.1, 0.15) is 34.1 Å². The standard InChI is InChI=1S/C17H15BrO2/c1-12(17(20)14-5-3-2-4-6-14)11-16(19)13-7-9-15(18)10-8-13/h2-10,12H,11H2,1H3. The topological polar surface area (TPSA) is 34.1 Å². The Bertz CT molecular complexity index is 603. The summed E-state index contributed by atoms with van der Waals surface area (Å²) in [4.78, 5) is 24.3. The molecule has 0 saturated heterocycles. The predicted molar refractivity (Wildman–Crippen MR) is 83.0 cm³/mol. The van der Waals surface area contributed by atoms with Gasteiger partial charge in [0.15, 0.2) is 11.6 Å². The lowest BCUT2D eigenvalue weighted by Gasteiger charge is -2.09. The second-order valence-electron chi connectivity index (χ2n) is 4.77. The molecule has 0 aliphatic rings. The third kappa shape index (κ3) is 3.64. The summed E-state index contributed by atoms with van der Waals surface area (Å²) in [6, 6.07) is 16.3. The zero-order chi connectivity index (χ0) is 14.5. The molecular formula is C17H15BrO2. The van der Waals surface area contributed by atoms with E-state index in [4.69, 9.17) is 0 Å². The van der Waals surface area contributed by atoms with Crippen LogP contribution < -0.4 is 0 Å². The van der Waals surface area contributed by atoms with Gasteiger partial charge in [-0.15, -0.1) is 0 Å². The quantitative estimate of drug-likeness (QED) is 0.754. The summed E-state index contributed by atoms with van der Waals surface area (Å²) in [6.45, 7) is 1.80. The highest BCUT2D eigenvalue weighted by atomic mass is 79.9. The fourth-order valence-electron chi connectivity index (χ4n) is 2.01. The van der Waals surface area contributed by atoms with Crippen LogP contribution in [0.2, 0.25) is 0 Å². The predicted octanol–water partition coefficient (Wildman–Crippen LogP) is 4.54. The highest BCUT2D eigenvalue weighted by Crippen LogP contribution is 2.17. The Morgan fingerprint density at radius 2 is 1.55 bits per heavy atom. The summed E-state index contributed by atoms with van der Waals surface area (Å²) in [7, 11) is 0. The lowest BCUT2D eigenvalue weighted by molar-refractivity contribution is 0.0863. The molecule has 2 nitrogen and oxygen atoms in total. The first-order valence-corrected chi connectivity index (χ1v) is 7.25. The van der Waals surface area contributed by atoms with Crippen molar-refractivity contribution in [1.29, 1.82) is 0 Å². The highest BCUT2D eigenvalue weighted by Gasteiger charge is 2.19. The molecule has 2 rings (SSSR count). The van der Waals surface area contributed by atoms with Gasteiger partial charge in [-0.05, 0) is 12.1 Å². The van der Waals surface area contributed by atoms with E-state index in [1.807, 2.05) is 30.3 Å². The van der Waals surface area contributed by atoms with Crippen molar-refractivity contribution < 1.29 is 9.59 Å². The molecule has 0 bridgehead atoms. The highest BCUT2D eigenvalue weighted by molar-refractivity contribution is 9.10. The number of hydrogen-bond donors (Lipinski definition) is 0. The molecule has 1 unspecified atom stereocenters. The maximum atomic E-state index is 12.2. The summed E-state index contributed by atoms with van der Waals surface area (Å²) in [6.07, 6.45) is 0.232. The maximum absolute atomic E-state index is 12.2. The number of carbonyl (C=O) groups is 2. The van der Waals surface area contributed by atoms with E-state index in [9.17, 15) is 9.59 Å². The Kier molecular flexibility index (Phi) is 4.85. The first-order chi connectivity index (χ1) is 9.58. The van der Waals surface area contributed by atoms with Crippen LogP contribution in [-0.2, 0) is 0 Å². The minimum Gasteiger partial charge on any atom is -0.294 e. The molecule has 0 N–H and O–H groups in total. The van der Waals surface area contributed by atoms with Gasteiger partial charge in [0, 0.05) is 27.9 Å². The van der Waals surface area contributed by atoms with Crippen molar-refractivity contribution in [3.63, 3.8) is 0 Å². The van der Waals surface area contributed by atoms with Crippen LogP contribution in [0.4, 0.5) is 0 Å². The van der Waals surface area contributed by atoms with Gasteiger partial charge in [0.1, 0.15) is 0 Å².